The Morgan fingerprint density at radius 2 is 1.60 bits per heavy atom. The summed E-state index contributed by atoms with van der Waals surface area (Å²) in [5.74, 6) is 3.09. The zero-order valence-electron chi connectivity index (χ0n) is 18.7. The average molecular weight is 439 g/mol. The highest BCUT2D eigenvalue weighted by molar-refractivity contribution is 6.32. The highest BCUT2D eigenvalue weighted by atomic mass is 35.5. The van der Waals surface area contributed by atoms with Gasteiger partial charge in [-0.3, -0.25) is 4.79 Å². The van der Waals surface area contributed by atoms with Gasteiger partial charge in [-0.2, -0.15) is 19.2 Å². The lowest BCUT2D eigenvalue weighted by Crippen LogP contribution is -2.51. The molecule has 0 amide bonds. The molecule has 0 aromatic carbocycles. The lowest BCUT2D eigenvalue weighted by molar-refractivity contribution is -0.193. The molecule has 168 valence electrons. The number of carbonyl (C=O) groups is 1. The van der Waals surface area contributed by atoms with Crippen molar-refractivity contribution < 1.29 is 24.0 Å². The second-order valence-corrected chi connectivity index (χ2v) is 9.86. The first-order valence-electron chi connectivity index (χ1n) is 11.1. The fourth-order valence-corrected chi connectivity index (χ4v) is 7.40. The number of hydrogen-bond acceptors (Lipinski definition) is 5. The van der Waals surface area contributed by atoms with Crippen LogP contribution in [0.2, 0.25) is 0 Å². The average Bonchev–Trinajstić information content (AvgIpc) is 2.96. The molecule has 6 atom stereocenters. The van der Waals surface area contributed by atoms with Crippen molar-refractivity contribution >= 4 is 30.2 Å². The van der Waals surface area contributed by atoms with Gasteiger partial charge in [0.25, 0.3) is 0 Å². The van der Waals surface area contributed by atoms with E-state index in [4.69, 9.17) is 30.8 Å². The van der Waals surface area contributed by atoms with Gasteiger partial charge in [0.2, 0.25) is 0 Å². The third kappa shape index (κ3) is 5.02. The molecule has 0 radical (unpaired) electrons. The van der Waals surface area contributed by atoms with Crippen molar-refractivity contribution in [2.75, 3.05) is 0 Å². The number of carbonyl (C=O) groups excluding carboxylic acids is 5. The van der Waals surface area contributed by atoms with Crippen LogP contribution in [0.5, 0.6) is 0 Å². The predicted octanol–water partition coefficient (Wildman–Crippen LogP) is 5.58. The van der Waals surface area contributed by atoms with Crippen LogP contribution in [-0.2, 0) is 24.0 Å². The molecular formula is C24H35ClO5. The number of halogens is 1. The van der Waals surface area contributed by atoms with Crippen molar-refractivity contribution in [2.24, 2.45) is 34.5 Å². The highest BCUT2D eigenvalue weighted by Crippen LogP contribution is 2.66. The molecule has 2 saturated carbocycles. The molecule has 0 N–H and O–H groups in total. The first-order valence-corrected chi connectivity index (χ1v) is 11.5. The van der Waals surface area contributed by atoms with Gasteiger partial charge in [0.05, 0.1) is 0 Å². The van der Waals surface area contributed by atoms with E-state index in [0.29, 0.717) is 11.3 Å². The summed E-state index contributed by atoms with van der Waals surface area (Å²) in [5, 5.41) is 0.897. The minimum atomic E-state index is 0.0731. The Balaban J connectivity index is 0.000000672. The standard InChI is InChI=1S/C22H35ClO.2CO2/c1-5-7-16-8-9-17-18(21(16,3)11-6-2)10-12-22(4)19(17)13-15(14-24)20(22)23;2*2-1-3/h14,16-19H,5-13H2,1-4H3;;/t16-,17-,18+,19+,21+,22+;;/m1../s1. The Kier molecular flexibility index (Phi) is 10.4. The fourth-order valence-electron chi connectivity index (χ4n) is 7.05. The predicted molar refractivity (Wildman–Crippen MR) is 112 cm³/mol. The molecule has 5 nitrogen and oxygen atoms in total. The van der Waals surface area contributed by atoms with Crippen LogP contribution in [0.15, 0.2) is 10.6 Å². The lowest BCUT2D eigenvalue weighted by Gasteiger charge is -2.59. The molecular weight excluding hydrogens is 404 g/mol. The molecule has 0 bridgehead atoms. The van der Waals surface area contributed by atoms with Gasteiger partial charge in [0.15, 0.2) is 0 Å². The van der Waals surface area contributed by atoms with Crippen LogP contribution in [0.25, 0.3) is 0 Å². The maximum atomic E-state index is 11.5. The Hall–Kier alpha value is -1.54. The molecule has 2 fully saturated rings. The number of rotatable bonds is 5. The molecule has 0 spiro atoms. The van der Waals surface area contributed by atoms with E-state index in [-0.39, 0.29) is 17.7 Å². The summed E-state index contributed by atoms with van der Waals surface area (Å²) in [6.07, 6.45) is 13.0. The van der Waals surface area contributed by atoms with Crippen LogP contribution >= 0.6 is 11.6 Å². The van der Waals surface area contributed by atoms with Gasteiger partial charge in [0, 0.05) is 16.0 Å². The summed E-state index contributed by atoms with van der Waals surface area (Å²) in [5.41, 5.74) is 1.47. The first kappa shape index (κ1) is 26.5. The topological polar surface area (TPSA) is 85.3 Å². The lowest BCUT2D eigenvalue weighted by atomic mass is 9.46. The summed E-state index contributed by atoms with van der Waals surface area (Å²) < 4.78 is 0. The summed E-state index contributed by atoms with van der Waals surface area (Å²) in [4.78, 5) is 44.0. The van der Waals surface area contributed by atoms with Gasteiger partial charge in [-0.15, -0.1) is 0 Å². The molecule has 3 aliphatic rings. The largest absolute Gasteiger partial charge is 0.373 e. The van der Waals surface area contributed by atoms with Gasteiger partial charge < -0.3 is 0 Å². The smallest absolute Gasteiger partial charge is 0.298 e. The molecule has 0 saturated heterocycles. The molecule has 0 heterocycles. The molecule has 0 unspecified atom stereocenters. The summed E-state index contributed by atoms with van der Waals surface area (Å²) >= 11 is 6.68. The van der Waals surface area contributed by atoms with Gasteiger partial charge in [-0.25, -0.2) is 0 Å². The van der Waals surface area contributed by atoms with Crippen molar-refractivity contribution in [3.63, 3.8) is 0 Å². The molecule has 6 heteroatoms. The van der Waals surface area contributed by atoms with Crippen LogP contribution in [-0.4, -0.2) is 18.6 Å². The van der Waals surface area contributed by atoms with Crippen molar-refractivity contribution in [3.8, 4) is 0 Å². The van der Waals surface area contributed by atoms with Crippen LogP contribution in [0.4, 0.5) is 0 Å². The van der Waals surface area contributed by atoms with Gasteiger partial charge in [0.1, 0.15) is 6.29 Å². The normalized spacial score (nSPS) is 36.6. The molecule has 3 rings (SSSR count). The van der Waals surface area contributed by atoms with Gasteiger partial charge in [-0.1, -0.05) is 58.6 Å². The van der Waals surface area contributed by atoms with Crippen LogP contribution in [0, 0.1) is 34.5 Å². The molecule has 0 aromatic rings. The zero-order valence-corrected chi connectivity index (χ0v) is 19.4. The fraction of sp³-hybridized carbons (Fsp3) is 0.792. The Morgan fingerprint density at radius 1 is 1.00 bits per heavy atom. The van der Waals surface area contributed by atoms with E-state index in [1.54, 1.807) is 0 Å². The first-order chi connectivity index (χ1) is 14.2. The van der Waals surface area contributed by atoms with E-state index in [0.717, 1.165) is 41.1 Å². The van der Waals surface area contributed by atoms with E-state index in [1.165, 1.54) is 51.4 Å². The summed E-state index contributed by atoms with van der Waals surface area (Å²) in [7, 11) is 0. The van der Waals surface area contributed by atoms with Crippen LogP contribution in [0.3, 0.4) is 0 Å². The van der Waals surface area contributed by atoms with Crippen LogP contribution < -0.4 is 0 Å². The minimum absolute atomic E-state index is 0.0731. The van der Waals surface area contributed by atoms with Crippen molar-refractivity contribution in [1.29, 1.82) is 0 Å². The molecule has 0 aromatic heterocycles. The van der Waals surface area contributed by atoms with Crippen LogP contribution in [0.1, 0.15) is 85.5 Å². The summed E-state index contributed by atoms with van der Waals surface area (Å²) in [6.45, 7) is 9.62. The Labute approximate surface area is 185 Å². The monoisotopic (exact) mass is 438 g/mol. The number of allylic oxidation sites excluding steroid dienone is 2. The molecule has 3 aliphatic carbocycles. The molecule has 30 heavy (non-hydrogen) atoms. The quantitative estimate of drug-likeness (QED) is 0.523. The summed E-state index contributed by atoms with van der Waals surface area (Å²) in [6, 6.07) is 0. The van der Waals surface area contributed by atoms with Crippen molar-refractivity contribution in [3.05, 3.63) is 10.6 Å². The highest BCUT2D eigenvalue weighted by Gasteiger charge is 2.58. The molecule has 0 aliphatic heterocycles. The maximum Gasteiger partial charge on any atom is 0.373 e. The van der Waals surface area contributed by atoms with Crippen molar-refractivity contribution in [1.82, 2.24) is 0 Å². The van der Waals surface area contributed by atoms with E-state index in [9.17, 15) is 4.79 Å². The third-order valence-corrected chi connectivity index (χ3v) is 8.92. The second kappa shape index (κ2) is 11.7. The van der Waals surface area contributed by atoms with Crippen molar-refractivity contribution in [2.45, 2.75) is 85.5 Å². The minimum Gasteiger partial charge on any atom is -0.298 e. The Morgan fingerprint density at radius 3 is 2.10 bits per heavy atom. The van der Waals surface area contributed by atoms with E-state index >= 15 is 0 Å². The zero-order chi connectivity index (χ0) is 22.9. The second-order valence-electron chi connectivity index (χ2n) is 9.48. The van der Waals surface area contributed by atoms with Gasteiger partial charge in [-0.05, 0) is 67.6 Å². The number of aldehydes is 1. The SMILES string of the molecule is CCC[C@@H]1CC[C@@H]2[C@H](CC[C@]3(C)C(Cl)=C(C=O)C[C@@H]23)[C@@]1(C)CCC.O=C=O.O=C=O. The number of fused-ring (bicyclic) bond motifs is 3. The van der Waals surface area contributed by atoms with E-state index in [1.807, 2.05) is 0 Å². The van der Waals surface area contributed by atoms with E-state index in [2.05, 4.69) is 27.7 Å². The van der Waals surface area contributed by atoms with Gasteiger partial charge >= 0.3 is 12.3 Å². The van der Waals surface area contributed by atoms with E-state index < -0.39 is 0 Å². The maximum absolute atomic E-state index is 11.5. The third-order valence-electron chi connectivity index (χ3n) is 8.25. The Bertz CT molecular complexity index is 678. The number of hydrogen-bond donors (Lipinski definition) is 0.